The van der Waals surface area contributed by atoms with Gasteiger partial charge >= 0.3 is 0 Å². The summed E-state index contributed by atoms with van der Waals surface area (Å²) in [4.78, 5) is 4.42. The molecule has 2 N–H and O–H groups in total. The molecule has 0 rings (SSSR count). The molecule has 0 amide bonds. The Morgan fingerprint density at radius 3 is 2.14 bits per heavy atom. The van der Waals surface area contributed by atoms with Crippen LogP contribution in [0.25, 0.3) is 0 Å². The molecule has 0 spiro atoms. The average molecular weight is 194 g/mol. The smallest absolute Gasteiger partial charge is 0.102 e. The second-order valence-corrected chi connectivity index (χ2v) is 4.00. The van der Waals surface area contributed by atoms with Crippen molar-refractivity contribution in [3.63, 3.8) is 0 Å². The van der Waals surface area contributed by atoms with E-state index in [0.717, 1.165) is 17.7 Å². The summed E-state index contributed by atoms with van der Waals surface area (Å²) in [6, 6.07) is 0. The summed E-state index contributed by atoms with van der Waals surface area (Å²) in [7, 11) is 0. The number of nitrogens with two attached hydrogens (primary N) is 1. The first kappa shape index (κ1) is 12.9. The number of nitrogens with zero attached hydrogens (tertiary/aromatic N) is 1. The first-order chi connectivity index (χ1) is 6.40. The average Bonchev–Trinajstić information content (AvgIpc) is 2.11. The maximum atomic E-state index is 5.82. The highest BCUT2D eigenvalue weighted by atomic mass is 14.9. The zero-order chi connectivity index (χ0) is 11.3. The largest absolute Gasteiger partial charge is 0.387 e. The molecule has 0 radical (unpaired) electrons. The van der Waals surface area contributed by atoms with Gasteiger partial charge < -0.3 is 5.73 Å². The molecule has 0 saturated carbocycles. The Morgan fingerprint density at radius 2 is 1.86 bits per heavy atom. The van der Waals surface area contributed by atoms with Crippen molar-refractivity contribution >= 4 is 5.84 Å². The first-order valence-electron chi connectivity index (χ1n) is 5.09. The normalized spacial score (nSPS) is 11.7. The summed E-state index contributed by atoms with van der Waals surface area (Å²) >= 11 is 0. The lowest BCUT2D eigenvalue weighted by molar-refractivity contribution is 0.867. The van der Waals surface area contributed by atoms with E-state index in [1.54, 1.807) is 0 Å². The van der Waals surface area contributed by atoms with Crippen molar-refractivity contribution in [2.75, 3.05) is 0 Å². The fraction of sp³-hybridized carbons (Fsp3) is 0.583. The van der Waals surface area contributed by atoms with Crippen LogP contribution in [0.5, 0.6) is 0 Å². The van der Waals surface area contributed by atoms with Gasteiger partial charge in [-0.05, 0) is 25.8 Å². The van der Waals surface area contributed by atoms with Gasteiger partial charge in [0.15, 0.2) is 0 Å². The SMILES string of the molecule is C=C(CC)C(N=C(N)C(C)C)=C(C)C. The Balaban J connectivity index is 5.00. The third-order valence-corrected chi connectivity index (χ3v) is 2.07. The van der Waals surface area contributed by atoms with Crippen LogP contribution < -0.4 is 5.73 Å². The van der Waals surface area contributed by atoms with Gasteiger partial charge in [0, 0.05) is 5.92 Å². The van der Waals surface area contributed by atoms with Crippen molar-refractivity contribution in [3.8, 4) is 0 Å². The molecule has 80 valence electrons. The fourth-order valence-corrected chi connectivity index (χ4v) is 0.970. The van der Waals surface area contributed by atoms with Crippen LogP contribution >= 0.6 is 0 Å². The molecule has 0 heterocycles. The van der Waals surface area contributed by atoms with Crippen LogP contribution in [-0.2, 0) is 0 Å². The minimum absolute atomic E-state index is 0.286. The standard InChI is InChI=1S/C12H22N2/c1-7-10(6)11(8(2)3)14-12(13)9(4)5/h9H,6-7H2,1-5H3,(H2,13,14). The van der Waals surface area contributed by atoms with Gasteiger partial charge in [-0.2, -0.15) is 0 Å². The number of hydrogen-bond donors (Lipinski definition) is 1. The molecule has 0 fully saturated rings. The second-order valence-electron chi connectivity index (χ2n) is 4.00. The van der Waals surface area contributed by atoms with Gasteiger partial charge in [0.05, 0.1) is 5.70 Å². The van der Waals surface area contributed by atoms with Crippen LogP contribution in [-0.4, -0.2) is 5.84 Å². The number of rotatable bonds is 4. The molecule has 2 heteroatoms. The molecule has 0 aliphatic heterocycles. The van der Waals surface area contributed by atoms with Crippen molar-refractivity contribution in [1.82, 2.24) is 0 Å². The van der Waals surface area contributed by atoms with Crippen molar-refractivity contribution in [3.05, 3.63) is 23.4 Å². The van der Waals surface area contributed by atoms with E-state index in [2.05, 4.69) is 18.5 Å². The minimum Gasteiger partial charge on any atom is -0.387 e. The summed E-state index contributed by atoms with van der Waals surface area (Å²) in [6.07, 6.45) is 0.912. The van der Waals surface area contributed by atoms with Gasteiger partial charge in [0.25, 0.3) is 0 Å². The molecule has 0 aromatic rings. The van der Waals surface area contributed by atoms with Crippen LogP contribution in [0, 0.1) is 5.92 Å². The molecule has 0 saturated heterocycles. The van der Waals surface area contributed by atoms with E-state index >= 15 is 0 Å². The monoisotopic (exact) mass is 194 g/mol. The van der Waals surface area contributed by atoms with Crippen LogP contribution in [0.2, 0.25) is 0 Å². The number of hydrogen-bond acceptors (Lipinski definition) is 1. The Labute approximate surface area is 87.6 Å². The molecule has 0 aromatic carbocycles. The summed E-state index contributed by atoms with van der Waals surface area (Å²) in [5.74, 6) is 0.963. The Kier molecular flexibility index (Phi) is 5.21. The van der Waals surface area contributed by atoms with E-state index < -0.39 is 0 Å². The van der Waals surface area contributed by atoms with Gasteiger partial charge in [-0.3, -0.25) is 0 Å². The lowest BCUT2D eigenvalue weighted by Gasteiger charge is -2.10. The molecule has 0 atom stereocenters. The Bertz CT molecular complexity index is 266. The minimum atomic E-state index is 0.286. The topological polar surface area (TPSA) is 38.4 Å². The maximum Gasteiger partial charge on any atom is 0.102 e. The van der Waals surface area contributed by atoms with E-state index in [9.17, 15) is 0 Å². The first-order valence-corrected chi connectivity index (χ1v) is 5.09. The quantitative estimate of drug-likeness (QED) is 0.416. The summed E-state index contributed by atoms with van der Waals surface area (Å²) in [5.41, 5.74) is 9.00. The van der Waals surface area contributed by atoms with Crippen molar-refractivity contribution in [2.45, 2.75) is 41.0 Å². The van der Waals surface area contributed by atoms with E-state index in [4.69, 9.17) is 5.73 Å². The van der Waals surface area contributed by atoms with E-state index in [-0.39, 0.29) is 5.92 Å². The van der Waals surface area contributed by atoms with Crippen LogP contribution in [0.3, 0.4) is 0 Å². The Morgan fingerprint density at radius 1 is 1.36 bits per heavy atom. The molecule has 2 nitrogen and oxygen atoms in total. The molecule has 0 unspecified atom stereocenters. The molecule has 0 aliphatic carbocycles. The zero-order valence-electron chi connectivity index (χ0n) is 10.0. The van der Waals surface area contributed by atoms with Crippen molar-refractivity contribution in [2.24, 2.45) is 16.6 Å². The second kappa shape index (κ2) is 5.63. The third kappa shape index (κ3) is 3.77. The number of amidine groups is 1. The summed E-state index contributed by atoms with van der Waals surface area (Å²) in [5, 5.41) is 0. The van der Waals surface area contributed by atoms with Gasteiger partial charge in [0.2, 0.25) is 0 Å². The highest BCUT2D eigenvalue weighted by Crippen LogP contribution is 2.18. The highest BCUT2D eigenvalue weighted by Gasteiger charge is 2.05. The molecule has 0 aromatic heterocycles. The summed E-state index contributed by atoms with van der Waals surface area (Å²) in [6.45, 7) is 14.2. The van der Waals surface area contributed by atoms with Gasteiger partial charge in [-0.25, -0.2) is 4.99 Å². The fourth-order valence-electron chi connectivity index (χ4n) is 0.970. The van der Waals surface area contributed by atoms with Crippen LogP contribution in [0.4, 0.5) is 0 Å². The number of allylic oxidation sites excluding steroid dienone is 2. The zero-order valence-corrected chi connectivity index (χ0v) is 10.0. The lowest BCUT2D eigenvalue weighted by Crippen LogP contribution is -2.19. The Hall–Kier alpha value is -1.05. The van der Waals surface area contributed by atoms with Gasteiger partial charge in [-0.1, -0.05) is 32.9 Å². The molecular formula is C12H22N2. The van der Waals surface area contributed by atoms with Gasteiger partial charge in [-0.15, -0.1) is 0 Å². The molecule has 0 aliphatic rings. The van der Waals surface area contributed by atoms with Crippen LogP contribution in [0.1, 0.15) is 41.0 Å². The third-order valence-electron chi connectivity index (χ3n) is 2.07. The van der Waals surface area contributed by atoms with Crippen molar-refractivity contribution < 1.29 is 0 Å². The predicted molar refractivity (Wildman–Crippen MR) is 64.3 cm³/mol. The van der Waals surface area contributed by atoms with Crippen molar-refractivity contribution in [1.29, 1.82) is 0 Å². The van der Waals surface area contributed by atoms with E-state index in [1.807, 2.05) is 27.7 Å². The molecule has 0 bridgehead atoms. The highest BCUT2D eigenvalue weighted by molar-refractivity contribution is 5.83. The summed E-state index contributed by atoms with van der Waals surface area (Å²) < 4.78 is 0. The van der Waals surface area contributed by atoms with E-state index in [1.165, 1.54) is 5.57 Å². The van der Waals surface area contributed by atoms with E-state index in [0.29, 0.717) is 5.84 Å². The predicted octanol–water partition coefficient (Wildman–Crippen LogP) is 3.26. The molecule has 14 heavy (non-hydrogen) atoms. The van der Waals surface area contributed by atoms with Gasteiger partial charge in [0.1, 0.15) is 5.84 Å². The molecular weight excluding hydrogens is 172 g/mol. The van der Waals surface area contributed by atoms with Crippen LogP contribution in [0.15, 0.2) is 28.4 Å². The number of aliphatic imine (C=N–C) groups is 1. The maximum absolute atomic E-state index is 5.82. The lowest BCUT2D eigenvalue weighted by atomic mass is 10.1.